The van der Waals surface area contributed by atoms with Crippen LogP contribution in [-0.4, -0.2) is 86.3 Å². The second-order valence-electron chi connectivity index (χ2n) is 8.01. The fourth-order valence-corrected chi connectivity index (χ4v) is 3.05. The third-order valence-corrected chi connectivity index (χ3v) is 4.98. The minimum absolute atomic E-state index is 0.129. The molecular formula is C22H30N4O10. The van der Waals surface area contributed by atoms with Gasteiger partial charge in [-0.15, -0.1) is 0 Å². The number of aliphatic hydroxyl groups is 1. The third-order valence-electron chi connectivity index (χ3n) is 4.98. The molecule has 9 N–H and O–H groups in total. The number of nitrogens with two attached hydrogens (primary N) is 1. The molecule has 0 aromatic heterocycles. The summed E-state index contributed by atoms with van der Waals surface area (Å²) in [6.45, 7) is 1.15. The van der Waals surface area contributed by atoms with Gasteiger partial charge in [-0.1, -0.05) is 30.3 Å². The Morgan fingerprint density at radius 1 is 0.833 bits per heavy atom. The summed E-state index contributed by atoms with van der Waals surface area (Å²) in [5.74, 6) is -7.20. The monoisotopic (exact) mass is 510 g/mol. The second-order valence-corrected chi connectivity index (χ2v) is 8.01. The van der Waals surface area contributed by atoms with E-state index in [-0.39, 0.29) is 12.8 Å². The highest BCUT2D eigenvalue weighted by Crippen LogP contribution is 2.07. The predicted molar refractivity (Wildman–Crippen MR) is 122 cm³/mol. The Labute approximate surface area is 205 Å². The van der Waals surface area contributed by atoms with Crippen molar-refractivity contribution in [3.8, 4) is 0 Å². The molecule has 0 aliphatic heterocycles. The number of nitrogens with one attached hydrogen (secondary N) is 3. The van der Waals surface area contributed by atoms with Crippen LogP contribution in [0.3, 0.4) is 0 Å². The molecule has 0 heterocycles. The zero-order valence-electron chi connectivity index (χ0n) is 19.4. The molecule has 5 unspecified atom stereocenters. The van der Waals surface area contributed by atoms with Crippen molar-refractivity contribution in [2.45, 2.75) is 62.9 Å². The number of hydrogen-bond donors (Lipinski definition) is 8. The number of carbonyl (C=O) groups excluding carboxylic acids is 3. The van der Waals surface area contributed by atoms with Crippen LogP contribution in [0.25, 0.3) is 0 Å². The van der Waals surface area contributed by atoms with Crippen LogP contribution >= 0.6 is 0 Å². The molecule has 14 heteroatoms. The average molecular weight is 511 g/mol. The molecule has 0 fully saturated rings. The molecule has 0 bridgehead atoms. The van der Waals surface area contributed by atoms with Crippen LogP contribution < -0.4 is 21.7 Å². The highest BCUT2D eigenvalue weighted by molar-refractivity contribution is 5.95. The van der Waals surface area contributed by atoms with E-state index in [0.717, 1.165) is 6.92 Å². The highest BCUT2D eigenvalue weighted by Gasteiger charge is 2.32. The zero-order valence-corrected chi connectivity index (χ0v) is 19.4. The van der Waals surface area contributed by atoms with E-state index >= 15 is 0 Å². The maximum absolute atomic E-state index is 12.9. The number of benzene rings is 1. The summed E-state index contributed by atoms with van der Waals surface area (Å²) in [7, 11) is 0. The molecule has 0 radical (unpaired) electrons. The molecule has 0 saturated carbocycles. The minimum atomic E-state index is -1.69. The third kappa shape index (κ3) is 10.5. The Hall–Kier alpha value is -4.04. The van der Waals surface area contributed by atoms with Crippen molar-refractivity contribution < 1.29 is 49.2 Å². The summed E-state index contributed by atoms with van der Waals surface area (Å²) in [5.41, 5.74) is 6.18. The Kier molecular flexibility index (Phi) is 12.0. The number of carboxylic acids is 3. The lowest BCUT2D eigenvalue weighted by atomic mass is 10.0. The SMILES string of the molecule is CC(O)C(NC(=O)C(Cc1ccccc1)NC(=O)C(CC(=O)O)NC(=O)C(N)CCC(=O)O)C(=O)O. The molecule has 1 aromatic rings. The van der Waals surface area contributed by atoms with E-state index in [2.05, 4.69) is 16.0 Å². The Morgan fingerprint density at radius 2 is 1.39 bits per heavy atom. The maximum Gasteiger partial charge on any atom is 0.328 e. The molecule has 5 atom stereocenters. The van der Waals surface area contributed by atoms with Crippen LogP contribution in [0.1, 0.15) is 31.7 Å². The second kappa shape index (κ2) is 14.4. The zero-order chi connectivity index (χ0) is 27.4. The van der Waals surface area contributed by atoms with Crippen molar-refractivity contribution in [1.29, 1.82) is 0 Å². The van der Waals surface area contributed by atoms with Gasteiger partial charge < -0.3 is 42.1 Å². The lowest BCUT2D eigenvalue weighted by Crippen LogP contribution is -2.59. The van der Waals surface area contributed by atoms with E-state index in [1.54, 1.807) is 30.3 Å². The van der Waals surface area contributed by atoms with Gasteiger partial charge in [0.1, 0.15) is 12.1 Å². The number of rotatable bonds is 15. The molecule has 14 nitrogen and oxygen atoms in total. The lowest BCUT2D eigenvalue weighted by Gasteiger charge is -2.25. The van der Waals surface area contributed by atoms with Crippen LogP contribution in [0, 0.1) is 0 Å². The van der Waals surface area contributed by atoms with E-state index in [1.165, 1.54) is 0 Å². The standard InChI is InChI=1S/C22H30N4O10/c1-11(27)18(22(35)36)26-21(34)14(9-12-5-3-2-4-6-12)25-20(33)15(10-17(30)31)24-19(32)13(23)7-8-16(28)29/h2-6,11,13-15,18,27H,7-10,23H2,1H3,(H,24,32)(H,25,33)(H,26,34)(H,28,29)(H,30,31)(H,35,36). The number of carboxylic acid groups (broad SMARTS) is 3. The summed E-state index contributed by atoms with van der Waals surface area (Å²) in [5, 5.41) is 43.4. The predicted octanol–water partition coefficient (Wildman–Crippen LogP) is -2.18. The minimum Gasteiger partial charge on any atom is -0.481 e. The Balaban J connectivity index is 3.10. The number of hydrogen-bond acceptors (Lipinski definition) is 8. The van der Waals surface area contributed by atoms with Gasteiger partial charge in [-0.25, -0.2) is 4.79 Å². The van der Waals surface area contributed by atoms with Crippen molar-refractivity contribution in [2.75, 3.05) is 0 Å². The smallest absolute Gasteiger partial charge is 0.328 e. The quantitative estimate of drug-likeness (QED) is 0.126. The highest BCUT2D eigenvalue weighted by atomic mass is 16.4. The van der Waals surface area contributed by atoms with E-state index in [9.17, 15) is 39.0 Å². The Morgan fingerprint density at radius 3 is 1.89 bits per heavy atom. The Bertz CT molecular complexity index is 953. The van der Waals surface area contributed by atoms with Crippen molar-refractivity contribution in [3.05, 3.63) is 35.9 Å². The topological polar surface area (TPSA) is 245 Å². The molecule has 1 rings (SSSR count). The molecule has 0 spiro atoms. The first-order valence-corrected chi connectivity index (χ1v) is 10.9. The molecule has 3 amide bonds. The number of carbonyl (C=O) groups is 6. The molecule has 0 aliphatic carbocycles. The van der Waals surface area contributed by atoms with Crippen LogP contribution in [0.4, 0.5) is 0 Å². The van der Waals surface area contributed by atoms with E-state index in [1.807, 2.05) is 0 Å². The van der Waals surface area contributed by atoms with Crippen molar-refractivity contribution in [3.63, 3.8) is 0 Å². The van der Waals surface area contributed by atoms with Gasteiger partial charge in [0.2, 0.25) is 17.7 Å². The summed E-state index contributed by atoms with van der Waals surface area (Å²) >= 11 is 0. The van der Waals surface area contributed by atoms with Crippen LogP contribution in [-0.2, 0) is 35.2 Å². The van der Waals surface area contributed by atoms with Crippen LogP contribution in [0.2, 0.25) is 0 Å². The van der Waals surface area contributed by atoms with E-state index in [4.69, 9.17) is 15.9 Å². The molecule has 0 saturated heterocycles. The summed E-state index contributed by atoms with van der Waals surface area (Å²) in [6.07, 6.45) is -3.18. The average Bonchev–Trinajstić information content (AvgIpc) is 2.79. The molecule has 36 heavy (non-hydrogen) atoms. The fourth-order valence-electron chi connectivity index (χ4n) is 3.05. The van der Waals surface area contributed by atoms with E-state index in [0.29, 0.717) is 5.56 Å². The van der Waals surface area contributed by atoms with Gasteiger partial charge in [0.05, 0.1) is 18.6 Å². The lowest BCUT2D eigenvalue weighted by molar-refractivity contribution is -0.145. The normalized spacial score (nSPS) is 14.9. The van der Waals surface area contributed by atoms with Gasteiger partial charge in [-0.3, -0.25) is 24.0 Å². The first-order valence-electron chi connectivity index (χ1n) is 10.9. The van der Waals surface area contributed by atoms with Gasteiger partial charge in [-0.05, 0) is 18.9 Å². The molecule has 0 aliphatic rings. The number of aliphatic carboxylic acids is 3. The number of amides is 3. The van der Waals surface area contributed by atoms with Crippen molar-refractivity contribution in [2.24, 2.45) is 5.73 Å². The first kappa shape index (κ1) is 30.0. The van der Waals surface area contributed by atoms with Gasteiger partial charge >= 0.3 is 17.9 Å². The van der Waals surface area contributed by atoms with Gasteiger partial charge in [-0.2, -0.15) is 0 Å². The van der Waals surface area contributed by atoms with E-state index < -0.39 is 78.7 Å². The largest absolute Gasteiger partial charge is 0.481 e. The maximum atomic E-state index is 12.9. The molecule has 198 valence electrons. The number of aliphatic hydroxyl groups excluding tert-OH is 1. The molecule has 1 aromatic carbocycles. The summed E-state index contributed by atoms with van der Waals surface area (Å²) < 4.78 is 0. The van der Waals surface area contributed by atoms with Crippen molar-refractivity contribution >= 4 is 35.6 Å². The van der Waals surface area contributed by atoms with Crippen molar-refractivity contribution in [1.82, 2.24) is 16.0 Å². The first-order chi connectivity index (χ1) is 16.8. The fraction of sp³-hybridized carbons (Fsp3) is 0.455. The van der Waals surface area contributed by atoms with Gasteiger partial charge in [0, 0.05) is 12.8 Å². The van der Waals surface area contributed by atoms with Crippen LogP contribution in [0.5, 0.6) is 0 Å². The van der Waals surface area contributed by atoms with Gasteiger partial charge in [0.15, 0.2) is 6.04 Å². The molecular weight excluding hydrogens is 480 g/mol. The van der Waals surface area contributed by atoms with Gasteiger partial charge in [0.25, 0.3) is 0 Å². The summed E-state index contributed by atoms with van der Waals surface area (Å²) in [4.78, 5) is 71.3. The van der Waals surface area contributed by atoms with Crippen LogP contribution in [0.15, 0.2) is 30.3 Å². The summed E-state index contributed by atoms with van der Waals surface area (Å²) in [6, 6.07) is 2.18.